The fraction of sp³-hybridized carbons (Fsp3) is 0.375. The lowest BCUT2D eigenvalue weighted by Gasteiger charge is -2.30. The van der Waals surface area contributed by atoms with Crippen LogP contribution in [0, 0.1) is 0 Å². The van der Waals surface area contributed by atoms with Gasteiger partial charge in [0, 0.05) is 19.0 Å². The van der Waals surface area contributed by atoms with E-state index in [2.05, 4.69) is 0 Å². The standard InChI is InChI=1S/C16H18N2O6/c1-3-12(19)10-4-5-13-11(6-10)18(15(21)9-24-13)7-14(20)17(2)8-16(22)23/h4-6H,3,7-9H2,1-2H3,(H,22,23). The number of benzene rings is 1. The average molecular weight is 334 g/mol. The number of carboxylic acids is 1. The summed E-state index contributed by atoms with van der Waals surface area (Å²) in [7, 11) is 1.35. The molecule has 0 fully saturated rings. The van der Waals surface area contributed by atoms with Crippen molar-refractivity contribution in [1.29, 1.82) is 0 Å². The van der Waals surface area contributed by atoms with Gasteiger partial charge in [-0.15, -0.1) is 0 Å². The van der Waals surface area contributed by atoms with Gasteiger partial charge in [-0.2, -0.15) is 0 Å². The molecule has 1 aromatic rings. The topological polar surface area (TPSA) is 104 Å². The van der Waals surface area contributed by atoms with E-state index >= 15 is 0 Å². The summed E-state index contributed by atoms with van der Waals surface area (Å²) in [5, 5.41) is 8.74. The van der Waals surface area contributed by atoms with Crippen LogP contribution < -0.4 is 9.64 Å². The van der Waals surface area contributed by atoms with Gasteiger partial charge < -0.3 is 14.7 Å². The second-order valence-electron chi connectivity index (χ2n) is 5.37. The van der Waals surface area contributed by atoms with Crippen molar-refractivity contribution in [2.75, 3.05) is 31.6 Å². The molecule has 1 heterocycles. The van der Waals surface area contributed by atoms with Crippen molar-refractivity contribution in [2.45, 2.75) is 13.3 Å². The highest BCUT2D eigenvalue weighted by atomic mass is 16.5. The molecule has 2 amide bonds. The van der Waals surface area contributed by atoms with Crippen LogP contribution in [0.5, 0.6) is 5.75 Å². The molecule has 1 aromatic carbocycles. The van der Waals surface area contributed by atoms with Crippen LogP contribution in [0.15, 0.2) is 18.2 Å². The molecular weight excluding hydrogens is 316 g/mol. The van der Waals surface area contributed by atoms with Crippen LogP contribution in [0.4, 0.5) is 5.69 Å². The first kappa shape index (κ1) is 17.5. The van der Waals surface area contributed by atoms with E-state index in [-0.39, 0.29) is 18.9 Å². The van der Waals surface area contributed by atoms with Crippen molar-refractivity contribution < 1.29 is 29.0 Å². The molecule has 0 saturated heterocycles. The second kappa shape index (κ2) is 7.12. The van der Waals surface area contributed by atoms with Gasteiger partial charge in [-0.3, -0.25) is 24.1 Å². The van der Waals surface area contributed by atoms with Gasteiger partial charge in [-0.05, 0) is 18.2 Å². The van der Waals surface area contributed by atoms with Gasteiger partial charge in [0.1, 0.15) is 18.8 Å². The lowest BCUT2D eigenvalue weighted by molar-refractivity contribution is -0.143. The van der Waals surface area contributed by atoms with Gasteiger partial charge in [-0.1, -0.05) is 6.92 Å². The van der Waals surface area contributed by atoms with Gasteiger partial charge in [0.05, 0.1) is 5.69 Å². The Bertz CT molecular complexity index is 700. The van der Waals surface area contributed by atoms with E-state index in [0.717, 1.165) is 4.90 Å². The summed E-state index contributed by atoms with van der Waals surface area (Å²) >= 11 is 0. The zero-order valence-corrected chi connectivity index (χ0v) is 13.4. The average Bonchev–Trinajstić information content (AvgIpc) is 2.55. The number of carbonyl (C=O) groups excluding carboxylic acids is 3. The number of nitrogens with zero attached hydrogens (tertiary/aromatic N) is 2. The molecule has 128 valence electrons. The number of ether oxygens (including phenoxy) is 1. The Morgan fingerprint density at radius 2 is 2.04 bits per heavy atom. The number of ketones is 1. The summed E-state index contributed by atoms with van der Waals surface area (Å²) < 4.78 is 5.32. The predicted octanol–water partition coefficient (Wildman–Crippen LogP) is 0.548. The first-order chi connectivity index (χ1) is 11.3. The van der Waals surface area contributed by atoms with Crippen LogP contribution in [-0.4, -0.2) is 60.3 Å². The maximum Gasteiger partial charge on any atom is 0.323 e. The summed E-state index contributed by atoms with van der Waals surface area (Å²) in [4.78, 5) is 49.0. The monoisotopic (exact) mass is 334 g/mol. The van der Waals surface area contributed by atoms with E-state index < -0.39 is 24.3 Å². The number of carboxylic acid groups (broad SMARTS) is 1. The van der Waals surface area contributed by atoms with Crippen molar-refractivity contribution in [3.05, 3.63) is 23.8 Å². The molecule has 0 aliphatic carbocycles. The molecule has 1 aliphatic rings. The highest BCUT2D eigenvalue weighted by molar-refractivity contribution is 6.04. The molecule has 0 spiro atoms. The maximum atomic E-state index is 12.1. The fourth-order valence-electron chi connectivity index (χ4n) is 2.30. The van der Waals surface area contributed by atoms with Crippen LogP contribution in [0.3, 0.4) is 0 Å². The summed E-state index contributed by atoms with van der Waals surface area (Å²) in [5.74, 6) is -1.79. The number of aliphatic carboxylic acids is 1. The number of hydrogen-bond donors (Lipinski definition) is 1. The van der Waals surface area contributed by atoms with E-state index in [1.165, 1.54) is 18.0 Å². The molecule has 24 heavy (non-hydrogen) atoms. The molecule has 2 rings (SSSR count). The van der Waals surface area contributed by atoms with Crippen molar-refractivity contribution in [3.8, 4) is 5.75 Å². The Morgan fingerprint density at radius 3 is 2.67 bits per heavy atom. The van der Waals surface area contributed by atoms with Crippen LogP contribution in [0.25, 0.3) is 0 Å². The molecule has 0 saturated carbocycles. The van der Waals surface area contributed by atoms with Gasteiger partial charge in [0.25, 0.3) is 5.91 Å². The zero-order chi connectivity index (χ0) is 17.9. The number of carbonyl (C=O) groups is 4. The number of Topliss-reactive ketones (excluding diaryl/α,β-unsaturated/α-hetero) is 1. The lowest BCUT2D eigenvalue weighted by atomic mass is 10.1. The number of amides is 2. The molecule has 0 bridgehead atoms. The number of likely N-dealkylation sites (N-methyl/N-ethyl adjacent to an activating group) is 1. The Morgan fingerprint density at radius 1 is 1.33 bits per heavy atom. The van der Waals surface area contributed by atoms with Gasteiger partial charge >= 0.3 is 5.97 Å². The zero-order valence-electron chi connectivity index (χ0n) is 13.4. The first-order valence-electron chi connectivity index (χ1n) is 7.39. The molecule has 0 unspecified atom stereocenters. The lowest BCUT2D eigenvalue weighted by Crippen LogP contribution is -2.46. The van der Waals surface area contributed by atoms with E-state index in [1.807, 2.05) is 0 Å². The minimum atomic E-state index is -1.14. The molecule has 0 aromatic heterocycles. The van der Waals surface area contributed by atoms with E-state index in [1.54, 1.807) is 19.1 Å². The van der Waals surface area contributed by atoms with Crippen LogP contribution in [0.1, 0.15) is 23.7 Å². The van der Waals surface area contributed by atoms with Crippen molar-refractivity contribution >= 4 is 29.3 Å². The Hall–Kier alpha value is -2.90. The van der Waals surface area contributed by atoms with Crippen molar-refractivity contribution in [3.63, 3.8) is 0 Å². The third-order valence-corrected chi connectivity index (χ3v) is 3.64. The number of anilines is 1. The highest BCUT2D eigenvalue weighted by Crippen LogP contribution is 2.33. The minimum absolute atomic E-state index is 0.0925. The van der Waals surface area contributed by atoms with Gasteiger partial charge in [-0.25, -0.2) is 0 Å². The minimum Gasteiger partial charge on any atom is -0.482 e. The fourth-order valence-corrected chi connectivity index (χ4v) is 2.30. The molecule has 8 heteroatoms. The molecular formula is C16H18N2O6. The maximum absolute atomic E-state index is 12.1. The Labute approximate surface area is 138 Å². The molecule has 0 radical (unpaired) electrons. The highest BCUT2D eigenvalue weighted by Gasteiger charge is 2.29. The van der Waals surface area contributed by atoms with Crippen molar-refractivity contribution in [1.82, 2.24) is 4.90 Å². The smallest absolute Gasteiger partial charge is 0.323 e. The molecule has 1 aliphatic heterocycles. The predicted molar refractivity (Wildman–Crippen MR) is 84.2 cm³/mol. The number of hydrogen-bond acceptors (Lipinski definition) is 5. The summed E-state index contributed by atoms with van der Waals surface area (Å²) in [6, 6.07) is 4.71. The first-order valence-corrected chi connectivity index (χ1v) is 7.39. The van der Waals surface area contributed by atoms with Crippen LogP contribution in [0.2, 0.25) is 0 Å². The largest absolute Gasteiger partial charge is 0.482 e. The summed E-state index contributed by atoms with van der Waals surface area (Å²) in [6.45, 7) is 0.733. The van der Waals surface area contributed by atoms with E-state index in [4.69, 9.17) is 9.84 Å². The van der Waals surface area contributed by atoms with E-state index in [9.17, 15) is 19.2 Å². The van der Waals surface area contributed by atoms with Crippen LogP contribution in [-0.2, 0) is 14.4 Å². The van der Waals surface area contributed by atoms with Crippen LogP contribution >= 0.6 is 0 Å². The number of rotatable bonds is 6. The van der Waals surface area contributed by atoms with Crippen molar-refractivity contribution in [2.24, 2.45) is 0 Å². The van der Waals surface area contributed by atoms with E-state index in [0.29, 0.717) is 23.4 Å². The quantitative estimate of drug-likeness (QED) is 0.762. The molecule has 1 N–H and O–H groups in total. The molecule has 0 atom stereocenters. The SMILES string of the molecule is CCC(=O)c1ccc2c(c1)N(CC(=O)N(C)CC(=O)O)C(=O)CO2. The third kappa shape index (κ3) is 3.70. The normalized spacial score (nSPS) is 13.1. The van der Waals surface area contributed by atoms with Gasteiger partial charge in [0.15, 0.2) is 12.4 Å². The molecule has 8 nitrogen and oxygen atoms in total. The third-order valence-electron chi connectivity index (χ3n) is 3.64. The summed E-state index contributed by atoms with van der Waals surface area (Å²) in [5.41, 5.74) is 0.758. The summed E-state index contributed by atoms with van der Waals surface area (Å²) in [6.07, 6.45) is 0.313. The Balaban J connectivity index is 2.28. The van der Waals surface area contributed by atoms with Gasteiger partial charge in [0.2, 0.25) is 5.91 Å². The Kier molecular flexibility index (Phi) is 5.18. The number of fused-ring (bicyclic) bond motifs is 1. The second-order valence-corrected chi connectivity index (χ2v) is 5.37.